The first-order valence-corrected chi connectivity index (χ1v) is 11.3. The Morgan fingerprint density at radius 2 is 1.65 bits per heavy atom. The zero-order valence-corrected chi connectivity index (χ0v) is 19.0. The van der Waals surface area contributed by atoms with Crippen molar-refractivity contribution in [1.82, 2.24) is 20.4 Å². The van der Waals surface area contributed by atoms with E-state index in [0.717, 1.165) is 50.9 Å². The summed E-state index contributed by atoms with van der Waals surface area (Å²) >= 11 is 0. The molecule has 1 heterocycles. The number of aliphatic imine (C=N–C) groups is 1. The smallest absolute Gasteiger partial charge is 0.191 e. The summed E-state index contributed by atoms with van der Waals surface area (Å²) in [6.45, 7) is 8.57. The Balaban J connectivity index is 1.25. The van der Waals surface area contributed by atoms with Gasteiger partial charge in [-0.2, -0.15) is 0 Å². The number of piperazine rings is 1. The van der Waals surface area contributed by atoms with Gasteiger partial charge in [0.25, 0.3) is 0 Å². The molecule has 6 heteroatoms. The molecule has 31 heavy (non-hydrogen) atoms. The van der Waals surface area contributed by atoms with Crippen molar-refractivity contribution in [2.24, 2.45) is 4.99 Å². The molecule has 0 aliphatic carbocycles. The number of methoxy groups -OCH3 is 1. The molecule has 0 spiro atoms. The van der Waals surface area contributed by atoms with E-state index in [1.807, 2.05) is 25.2 Å². The summed E-state index contributed by atoms with van der Waals surface area (Å²) in [6, 6.07) is 18.9. The predicted octanol–water partition coefficient (Wildman–Crippen LogP) is 2.96. The van der Waals surface area contributed by atoms with Crippen LogP contribution in [-0.2, 0) is 13.1 Å². The summed E-state index contributed by atoms with van der Waals surface area (Å²) < 4.78 is 5.28. The molecule has 0 amide bonds. The van der Waals surface area contributed by atoms with Gasteiger partial charge in [0.2, 0.25) is 0 Å². The van der Waals surface area contributed by atoms with Gasteiger partial charge in [0.15, 0.2) is 5.96 Å². The SMILES string of the molecule is CN=C(NCCCCN1CCN(Cc2ccccc2)CC1)NCc1cccc(OC)c1. The third kappa shape index (κ3) is 8.23. The lowest BCUT2D eigenvalue weighted by molar-refractivity contribution is 0.126. The van der Waals surface area contributed by atoms with Gasteiger partial charge in [-0.05, 0) is 42.6 Å². The molecular formula is C25H37N5O. The number of guanidine groups is 1. The first-order chi connectivity index (χ1) is 15.3. The van der Waals surface area contributed by atoms with E-state index < -0.39 is 0 Å². The fourth-order valence-electron chi connectivity index (χ4n) is 3.87. The Kier molecular flexibility index (Phi) is 9.67. The van der Waals surface area contributed by atoms with Crippen LogP contribution in [0.3, 0.4) is 0 Å². The maximum atomic E-state index is 5.28. The Hall–Kier alpha value is -2.57. The van der Waals surface area contributed by atoms with Crippen LogP contribution in [-0.4, -0.2) is 69.2 Å². The average Bonchev–Trinajstić information content (AvgIpc) is 2.82. The van der Waals surface area contributed by atoms with Crippen molar-refractivity contribution in [3.8, 4) is 5.75 Å². The second-order valence-electron chi connectivity index (χ2n) is 8.01. The molecule has 1 aliphatic rings. The van der Waals surface area contributed by atoms with E-state index in [9.17, 15) is 0 Å². The van der Waals surface area contributed by atoms with Gasteiger partial charge in [-0.3, -0.25) is 9.89 Å². The maximum absolute atomic E-state index is 5.28. The molecule has 1 aliphatic heterocycles. The van der Waals surface area contributed by atoms with Crippen molar-refractivity contribution in [3.63, 3.8) is 0 Å². The fourth-order valence-corrected chi connectivity index (χ4v) is 3.87. The number of rotatable bonds is 10. The van der Waals surface area contributed by atoms with Crippen LogP contribution < -0.4 is 15.4 Å². The van der Waals surface area contributed by atoms with Crippen LogP contribution in [0.4, 0.5) is 0 Å². The number of nitrogens with zero attached hydrogens (tertiary/aromatic N) is 3. The maximum Gasteiger partial charge on any atom is 0.191 e. The molecule has 0 unspecified atom stereocenters. The third-order valence-electron chi connectivity index (χ3n) is 5.73. The van der Waals surface area contributed by atoms with Gasteiger partial charge < -0.3 is 20.3 Å². The highest BCUT2D eigenvalue weighted by Gasteiger charge is 2.16. The first kappa shape index (κ1) is 23.1. The zero-order valence-electron chi connectivity index (χ0n) is 19.0. The highest BCUT2D eigenvalue weighted by molar-refractivity contribution is 5.79. The van der Waals surface area contributed by atoms with Gasteiger partial charge in [0, 0.05) is 52.9 Å². The van der Waals surface area contributed by atoms with E-state index in [1.165, 1.54) is 37.2 Å². The Morgan fingerprint density at radius 1 is 0.903 bits per heavy atom. The minimum atomic E-state index is 0.726. The van der Waals surface area contributed by atoms with Crippen molar-refractivity contribution < 1.29 is 4.74 Å². The molecule has 0 radical (unpaired) electrons. The van der Waals surface area contributed by atoms with E-state index in [-0.39, 0.29) is 0 Å². The molecule has 0 aromatic heterocycles. The Bertz CT molecular complexity index is 788. The van der Waals surface area contributed by atoms with E-state index in [4.69, 9.17) is 4.74 Å². The van der Waals surface area contributed by atoms with Crippen LogP contribution in [0.25, 0.3) is 0 Å². The molecule has 2 aromatic rings. The fraction of sp³-hybridized carbons (Fsp3) is 0.480. The van der Waals surface area contributed by atoms with Crippen molar-refractivity contribution in [1.29, 1.82) is 0 Å². The van der Waals surface area contributed by atoms with Crippen LogP contribution in [0.15, 0.2) is 59.6 Å². The lowest BCUT2D eigenvalue weighted by Gasteiger charge is -2.34. The predicted molar refractivity (Wildman–Crippen MR) is 129 cm³/mol. The van der Waals surface area contributed by atoms with Crippen LogP contribution in [0.2, 0.25) is 0 Å². The molecule has 1 saturated heterocycles. The van der Waals surface area contributed by atoms with Gasteiger partial charge in [0.05, 0.1) is 7.11 Å². The number of ether oxygens (including phenoxy) is 1. The molecule has 0 bridgehead atoms. The molecule has 3 rings (SSSR count). The van der Waals surface area contributed by atoms with E-state index in [0.29, 0.717) is 0 Å². The van der Waals surface area contributed by atoms with E-state index in [1.54, 1.807) is 7.11 Å². The van der Waals surface area contributed by atoms with E-state index in [2.05, 4.69) is 61.8 Å². The second kappa shape index (κ2) is 13.0. The summed E-state index contributed by atoms with van der Waals surface area (Å²) in [4.78, 5) is 9.48. The van der Waals surface area contributed by atoms with Crippen LogP contribution in [0.5, 0.6) is 5.75 Å². The van der Waals surface area contributed by atoms with Crippen molar-refractivity contribution in [3.05, 3.63) is 65.7 Å². The summed E-state index contributed by atoms with van der Waals surface area (Å²) in [5.41, 5.74) is 2.59. The topological polar surface area (TPSA) is 52.1 Å². The summed E-state index contributed by atoms with van der Waals surface area (Å²) in [5, 5.41) is 6.79. The largest absolute Gasteiger partial charge is 0.497 e. The standard InChI is InChI=1S/C25H37N5O/c1-26-25(28-20-23-11-8-12-24(19-23)31-2)27-13-6-7-14-29-15-17-30(18-16-29)21-22-9-4-3-5-10-22/h3-5,8-12,19H,6-7,13-18,20-21H2,1-2H3,(H2,26,27,28). The van der Waals surface area contributed by atoms with Gasteiger partial charge in [-0.15, -0.1) is 0 Å². The quantitative estimate of drug-likeness (QED) is 0.350. The van der Waals surface area contributed by atoms with Gasteiger partial charge in [-0.1, -0.05) is 42.5 Å². The molecule has 0 saturated carbocycles. The molecule has 168 valence electrons. The lowest BCUT2D eigenvalue weighted by atomic mass is 10.2. The highest BCUT2D eigenvalue weighted by atomic mass is 16.5. The number of benzene rings is 2. The molecule has 2 aromatic carbocycles. The lowest BCUT2D eigenvalue weighted by Crippen LogP contribution is -2.46. The number of hydrogen-bond acceptors (Lipinski definition) is 4. The zero-order chi connectivity index (χ0) is 21.7. The highest BCUT2D eigenvalue weighted by Crippen LogP contribution is 2.12. The minimum absolute atomic E-state index is 0.726. The Labute approximate surface area is 187 Å². The second-order valence-corrected chi connectivity index (χ2v) is 8.01. The third-order valence-corrected chi connectivity index (χ3v) is 5.73. The summed E-state index contributed by atoms with van der Waals surface area (Å²) in [7, 11) is 3.51. The van der Waals surface area contributed by atoms with Crippen LogP contribution in [0.1, 0.15) is 24.0 Å². The Morgan fingerprint density at radius 3 is 2.39 bits per heavy atom. The molecule has 0 atom stereocenters. The minimum Gasteiger partial charge on any atom is -0.497 e. The van der Waals surface area contributed by atoms with Crippen molar-refractivity contribution >= 4 is 5.96 Å². The molecule has 1 fully saturated rings. The number of hydrogen-bond donors (Lipinski definition) is 2. The molecular weight excluding hydrogens is 386 g/mol. The van der Waals surface area contributed by atoms with Gasteiger partial charge in [0.1, 0.15) is 5.75 Å². The van der Waals surface area contributed by atoms with Gasteiger partial charge >= 0.3 is 0 Å². The monoisotopic (exact) mass is 423 g/mol. The number of unbranched alkanes of at least 4 members (excludes halogenated alkanes) is 1. The van der Waals surface area contributed by atoms with Gasteiger partial charge in [-0.25, -0.2) is 0 Å². The first-order valence-electron chi connectivity index (χ1n) is 11.3. The average molecular weight is 424 g/mol. The summed E-state index contributed by atoms with van der Waals surface area (Å²) in [5.74, 6) is 1.72. The molecule has 6 nitrogen and oxygen atoms in total. The van der Waals surface area contributed by atoms with E-state index >= 15 is 0 Å². The normalized spacial score (nSPS) is 15.6. The number of nitrogens with one attached hydrogen (secondary N) is 2. The van der Waals surface area contributed by atoms with Crippen LogP contribution in [0, 0.1) is 0 Å². The summed E-state index contributed by atoms with van der Waals surface area (Å²) in [6.07, 6.45) is 2.35. The van der Waals surface area contributed by atoms with Crippen molar-refractivity contribution in [2.45, 2.75) is 25.9 Å². The van der Waals surface area contributed by atoms with Crippen molar-refractivity contribution in [2.75, 3.05) is 53.4 Å². The molecule has 2 N–H and O–H groups in total. The van der Waals surface area contributed by atoms with Crippen LogP contribution >= 0.6 is 0 Å².